The molecule has 0 aromatic carbocycles. The first kappa shape index (κ1) is 9.34. The van der Waals surface area contributed by atoms with Gasteiger partial charge in [0.15, 0.2) is 5.17 Å². The first-order chi connectivity index (χ1) is 6.34. The fraction of sp³-hybridized carbons (Fsp3) is 0.889. The normalized spacial score (nSPS) is 36.8. The van der Waals surface area contributed by atoms with Crippen molar-refractivity contribution in [2.45, 2.75) is 31.9 Å². The summed E-state index contributed by atoms with van der Waals surface area (Å²) >= 11 is 1.82. The number of amidine groups is 1. The fourth-order valence-electron chi connectivity index (χ4n) is 1.56. The number of thioether (sulfide) groups is 1. The first-order valence-corrected chi connectivity index (χ1v) is 5.88. The molecule has 2 aliphatic heterocycles. The number of nitrogens with one attached hydrogen (secondary N) is 1. The lowest BCUT2D eigenvalue weighted by atomic mass is 10.2. The van der Waals surface area contributed by atoms with Crippen LogP contribution in [-0.2, 0) is 4.74 Å². The highest BCUT2D eigenvalue weighted by molar-refractivity contribution is 8.14. The molecule has 74 valence electrons. The molecule has 2 rings (SSSR count). The highest BCUT2D eigenvalue weighted by Gasteiger charge is 2.18. The Kier molecular flexibility index (Phi) is 3.11. The second-order valence-electron chi connectivity index (χ2n) is 3.64. The van der Waals surface area contributed by atoms with Gasteiger partial charge in [0, 0.05) is 18.4 Å². The van der Waals surface area contributed by atoms with E-state index in [9.17, 15) is 0 Å². The molecule has 13 heavy (non-hydrogen) atoms. The van der Waals surface area contributed by atoms with Gasteiger partial charge in [-0.2, -0.15) is 0 Å². The largest absolute Gasteiger partial charge is 0.376 e. The van der Waals surface area contributed by atoms with Crippen molar-refractivity contribution < 1.29 is 4.74 Å². The summed E-state index contributed by atoms with van der Waals surface area (Å²) in [6.45, 7) is 3.94. The van der Waals surface area contributed by atoms with Crippen LogP contribution >= 0.6 is 11.8 Å². The van der Waals surface area contributed by atoms with Crippen molar-refractivity contribution in [1.29, 1.82) is 0 Å². The smallest absolute Gasteiger partial charge is 0.156 e. The zero-order chi connectivity index (χ0) is 9.10. The Morgan fingerprint density at radius 2 is 2.62 bits per heavy atom. The highest BCUT2D eigenvalue weighted by atomic mass is 32.2. The van der Waals surface area contributed by atoms with Gasteiger partial charge in [-0.3, -0.25) is 4.99 Å². The first-order valence-electron chi connectivity index (χ1n) is 4.90. The summed E-state index contributed by atoms with van der Waals surface area (Å²) in [6.07, 6.45) is 2.76. The summed E-state index contributed by atoms with van der Waals surface area (Å²) in [7, 11) is 0. The Balaban J connectivity index is 1.76. The zero-order valence-electron chi connectivity index (χ0n) is 7.95. The van der Waals surface area contributed by atoms with Gasteiger partial charge < -0.3 is 10.1 Å². The molecule has 0 spiro atoms. The number of rotatable bonds is 2. The van der Waals surface area contributed by atoms with E-state index < -0.39 is 0 Å². The van der Waals surface area contributed by atoms with Crippen molar-refractivity contribution in [1.82, 2.24) is 5.32 Å². The molecule has 0 aromatic rings. The van der Waals surface area contributed by atoms with Gasteiger partial charge in [-0.15, -0.1) is 0 Å². The van der Waals surface area contributed by atoms with Crippen molar-refractivity contribution in [3.63, 3.8) is 0 Å². The Hall–Kier alpha value is -0.220. The van der Waals surface area contributed by atoms with E-state index in [1.165, 1.54) is 12.8 Å². The molecule has 4 heteroatoms. The number of ether oxygens (including phenoxy) is 1. The van der Waals surface area contributed by atoms with Crippen LogP contribution < -0.4 is 5.32 Å². The van der Waals surface area contributed by atoms with E-state index in [1.54, 1.807) is 0 Å². The monoisotopic (exact) mass is 200 g/mol. The molecular weight excluding hydrogens is 184 g/mol. The van der Waals surface area contributed by atoms with Crippen LogP contribution in [0.4, 0.5) is 0 Å². The predicted molar refractivity (Wildman–Crippen MR) is 56.3 cm³/mol. The quantitative estimate of drug-likeness (QED) is 0.728. The van der Waals surface area contributed by atoms with Gasteiger partial charge >= 0.3 is 0 Å². The Morgan fingerprint density at radius 3 is 3.23 bits per heavy atom. The molecule has 0 aliphatic carbocycles. The van der Waals surface area contributed by atoms with Gasteiger partial charge in [0.25, 0.3) is 0 Å². The van der Waals surface area contributed by atoms with E-state index in [0.29, 0.717) is 12.1 Å². The highest BCUT2D eigenvalue weighted by Crippen LogP contribution is 2.16. The number of nitrogens with zero attached hydrogens (tertiary/aromatic N) is 1. The molecule has 0 saturated carbocycles. The van der Waals surface area contributed by atoms with Crippen LogP contribution in [0, 0.1) is 0 Å². The van der Waals surface area contributed by atoms with Crippen LogP contribution in [0.25, 0.3) is 0 Å². The summed E-state index contributed by atoms with van der Waals surface area (Å²) in [5.74, 6) is 1.14. The lowest BCUT2D eigenvalue weighted by Gasteiger charge is -2.06. The van der Waals surface area contributed by atoms with Crippen LogP contribution in [0.2, 0.25) is 0 Å². The summed E-state index contributed by atoms with van der Waals surface area (Å²) in [4.78, 5) is 4.50. The average molecular weight is 200 g/mol. The molecule has 0 amide bonds. The van der Waals surface area contributed by atoms with Crippen LogP contribution in [0.3, 0.4) is 0 Å². The minimum atomic E-state index is 0.380. The summed E-state index contributed by atoms with van der Waals surface area (Å²) in [6, 6.07) is 0.577. The van der Waals surface area contributed by atoms with Gasteiger partial charge in [0.2, 0.25) is 0 Å². The Morgan fingerprint density at radius 1 is 1.69 bits per heavy atom. The second-order valence-corrected chi connectivity index (χ2v) is 4.65. The molecule has 0 radical (unpaired) electrons. The van der Waals surface area contributed by atoms with E-state index in [4.69, 9.17) is 4.74 Å². The molecule has 1 N–H and O–H groups in total. The lowest BCUT2D eigenvalue weighted by Crippen LogP contribution is -2.24. The third-order valence-corrected chi connectivity index (χ3v) is 3.49. The van der Waals surface area contributed by atoms with Crippen LogP contribution in [0.5, 0.6) is 0 Å². The van der Waals surface area contributed by atoms with Gasteiger partial charge in [0.05, 0.1) is 12.6 Å². The maximum atomic E-state index is 5.50. The lowest BCUT2D eigenvalue weighted by molar-refractivity contribution is 0.118. The number of hydrogen-bond acceptors (Lipinski definition) is 3. The molecule has 0 aromatic heterocycles. The van der Waals surface area contributed by atoms with Gasteiger partial charge in [-0.25, -0.2) is 0 Å². The van der Waals surface area contributed by atoms with Crippen molar-refractivity contribution in [2.75, 3.05) is 18.9 Å². The molecule has 2 fully saturated rings. The molecule has 0 bridgehead atoms. The third kappa shape index (κ3) is 2.61. The molecule has 2 saturated heterocycles. The molecule has 2 heterocycles. The minimum absolute atomic E-state index is 0.380. The summed E-state index contributed by atoms with van der Waals surface area (Å²) < 4.78 is 5.50. The van der Waals surface area contributed by atoms with Crippen molar-refractivity contribution in [2.24, 2.45) is 4.99 Å². The Labute approximate surface area is 83.3 Å². The molecular formula is C9H16N2OS. The van der Waals surface area contributed by atoms with E-state index >= 15 is 0 Å². The van der Waals surface area contributed by atoms with Crippen molar-refractivity contribution >= 4 is 16.9 Å². The third-order valence-electron chi connectivity index (χ3n) is 2.30. The van der Waals surface area contributed by atoms with Crippen LogP contribution in [-0.4, -0.2) is 36.2 Å². The zero-order valence-corrected chi connectivity index (χ0v) is 8.77. The molecule has 2 atom stereocenters. The molecule has 3 nitrogen and oxygen atoms in total. The van der Waals surface area contributed by atoms with Crippen molar-refractivity contribution in [3.8, 4) is 0 Å². The maximum absolute atomic E-state index is 5.50. The van der Waals surface area contributed by atoms with Crippen LogP contribution in [0.15, 0.2) is 4.99 Å². The Bertz CT molecular complexity index is 202. The maximum Gasteiger partial charge on any atom is 0.156 e. The SMILES string of the molecule is CC1CSC(=NCC2CCCO2)N1. The van der Waals surface area contributed by atoms with E-state index in [2.05, 4.69) is 17.2 Å². The van der Waals surface area contributed by atoms with E-state index in [1.807, 2.05) is 11.8 Å². The summed E-state index contributed by atoms with van der Waals surface area (Å²) in [5, 5.41) is 4.44. The van der Waals surface area contributed by atoms with Gasteiger partial charge in [-0.05, 0) is 19.8 Å². The number of aliphatic imine (C=N–C) groups is 1. The topological polar surface area (TPSA) is 33.6 Å². The summed E-state index contributed by atoms with van der Waals surface area (Å²) in [5.41, 5.74) is 0. The van der Waals surface area contributed by atoms with E-state index in [-0.39, 0.29) is 0 Å². The molecule has 2 unspecified atom stereocenters. The average Bonchev–Trinajstić information content (AvgIpc) is 2.71. The van der Waals surface area contributed by atoms with E-state index in [0.717, 1.165) is 24.1 Å². The predicted octanol–water partition coefficient (Wildman–Crippen LogP) is 1.25. The molecule has 2 aliphatic rings. The van der Waals surface area contributed by atoms with Gasteiger partial charge in [0.1, 0.15) is 0 Å². The van der Waals surface area contributed by atoms with Crippen molar-refractivity contribution in [3.05, 3.63) is 0 Å². The minimum Gasteiger partial charge on any atom is -0.376 e. The standard InChI is InChI=1S/C9H16N2OS/c1-7-6-13-9(11-7)10-5-8-3-2-4-12-8/h7-8H,2-6H2,1H3,(H,10,11). The van der Waals surface area contributed by atoms with Gasteiger partial charge in [-0.1, -0.05) is 11.8 Å². The second kappa shape index (κ2) is 4.33. The van der Waals surface area contributed by atoms with Crippen LogP contribution in [0.1, 0.15) is 19.8 Å². The fourth-order valence-corrected chi connectivity index (χ4v) is 2.50. The number of hydrogen-bond donors (Lipinski definition) is 1.